The Morgan fingerprint density at radius 1 is 1.54 bits per heavy atom. The first-order chi connectivity index (χ1) is 6.33. The van der Waals surface area contributed by atoms with Crippen molar-refractivity contribution in [3.05, 3.63) is 37.0 Å². The fourth-order valence-electron chi connectivity index (χ4n) is 0.664. The lowest BCUT2D eigenvalue weighted by Crippen LogP contribution is -2.06. The highest BCUT2D eigenvalue weighted by Gasteiger charge is 2.23. The molecule has 0 aromatic rings. The number of hydrogen-bond donors (Lipinski definition) is 0. The highest BCUT2D eigenvalue weighted by molar-refractivity contribution is 5.82. The Bertz CT molecular complexity index is 237. The summed E-state index contributed by atoms with van der Waals surface area (Å²) >= 11 is 0. The van der Waals surface area contributed by atoms with E-state index < -0.39 is 0 Å². The first kappa shape index (κ1) is 9.74. The summed E-state index contributed by atoms with van der Waals surface area (Å²) in [5.74, 6) is -0.343. The van der Waals surface area contributed by atoms with Crippen LogP contribution in [0.2, 0.25) is 0 Å². The zero-order valence-electron chi connectivity index (χ0n) is 7.31. The van der Waals surface area contributed by atoms with Crippen LogP contribution in [-0.4, -0.2) is 25.3 Å². The van der Waals surface area contributed by atoms with E-state index in [1.54, 1.807) is 24.3 Å². The van der Waals surface area contributed by atoms with Crippen molar-refractivity contribution >= 4 is 5.97 Å². The molecule has 0 amide bonds. The van der Waals surface area contributed by atoms with Gasteiger partial charge in [-0.25, -0.2) is 4.79 Å². The van der Waals surface area contributed by atoms with Gasteiger partial charge in [0.1, 0.15) is 12.7 Å². The van der Waals surface area contributed by atoms with Gasteiger partial charge in [-0.3, -0.25) is 0 Å². The van der Waals surface area contributed by atoms with Crippen LogP contribution in [0.3, 0.4) is 0 Å². The van der Waals surface area contributed by atoms with Crippen LogP contribution in [0.4, 0.5) is 0 Å². The van der Waals surface area contributed by atoms with Gasteiger partial charge >= 0.3 is 5.97 Å². The molecule has 3 heteroatoms. The predicted octanol–water partition coefficient (Wildman–Crippen LogP) is 1.23. The molecule has 3 nitrogen and oxygen atoms in total. The quantitative estimate of drug-likeness (QED) is 0.276. The second-order valence-electron chi connectivity index (χ2n) is 2.57. The van der Waals surface area contributed by atoms with Crippen molar-refractivity contribution < 1.29 is 14.3 Å². The molecule has 1 heterocycles. The van der Waals surface area contributed by atoms with Gasteiger partial charge in [-0.2, -0.15) is 0 Å². The standard InChI is InChI=1S/C10H12O3/c1-2-3-4-5-6-10(11)13-8-9-7-12-9/h2-6,9H,1,7-8H2. The van der Waals surface area contributed by atoms with Gasteiger partial charge in [0.15, 0.2) is 0 Å². The smallest absolute Gasteiger partial charge is 0.330 e. The monoisotopic (exact) mass is 180 g/mol. The Hall–Kier alpha value is -1.35. The van der Waals surface area contributed by atoms with E-state index in [1.165, 1.54) is 6.08 Å². The third-order valence-electron chi connectivity index (χ3n) is 1.40. The van der Waals surface area contributed by atoms with E-state index in [1.807, 2.05) is 0 Å². The number of allylic oxidation sites excluding steroid dienone is 4. The molecule has 1 aliphatic heterocycles. The maximum absolute atomic E-state index is 10.9. The lowest BCUT2D eigenvalue weighted by Gasteiger charge is -1.95. The molecular formula is C10H12O3. The van der Waals surface area contributed by atoms with Crippen LogP contribution in [0.15, 0.2) is 37.0 Å². The maximum atomic E-state index is 10.9. The van der Waals surface area contributed by atoms with Crippen LogP contribution in [0, 0.1) is 0 Å². The largest absolute Gasteiger partial charge is 0.460 e. The number of ether oxygens (including phenoxy) is 2. The summed E-state index contributed by atoms with van der Waals surface area (Å²) in [6, 6.07) is 0. The summed E-state index contributed by atoms with van der Waals surface area (Å²) in [7, 11) is 0. The van der Waals surface area contributed by atoms with Crippen LogP contribution in [0.5, 0.6) is 0 Å². The summed E-state index contributed by atoms with van der Waals surface area (Å²) in [5, 5.41) is 0. The van der Waals surface area contributed by atoms with Gasteiger partial charge < -0.3 is 9.47 Å². The first-order valence-electron chi connectivity index (χ1n) is 4.07. The summed E-state index contributed by atoms with van der Waals surface area (Å²) in [4.78, 5) is 10.9. The summed E-state index contributed by atoms with van der Waals surface area (Å²) in [5.41, 5.74) is 0. The minimum absolute atomic E-state index is 0.126. The molecule has 0 N–H and O–H groups in total. The first-order valence-corrected chi connectivity index (χ1v) is 4.07. The highest BCUT2D eigenvalue weighted by Crippen LogP contribution is 2.08. The lowest BCUT2D eigenvalue weighted by atomic mass is 10.4. The summed E-state index contributed by atoms with van der Waals surface area (Å²) in [6.45, 7) is 4.55. The lowest BCUT2D eigenvalue weighted by molar-refractivity contribution is -0.138. The van der Waals surface area contributed by atoms with Gasteiger partial charge in [0.25, 0.3) is 0 Å². The van der Waals surface area contributed by atoms with E-state index in [0.717, 1.165) is 0 Å². The number of rotatable bonds is 5. The van der Waals surface area contributed by atoms with Crippen molar-refractivity contribution in [2.75, 3.05) is 13.2 Å². The summed E-state index contributed by atoms with van der Waals surface area (Å²) in [6.07, 6.45) is 8.17. The number of carbonyl (C=O) groups excluding carboxylic acids is 1. The van der Waals surface area contributed by atoms with Crippen LogP contribution in [-0.2, 0) is 14.3 Å². The van der Waals surface area contributed by atoms with E-state index in [4.69, 9.17) is 9.47 Å². The number of esters is 1. The van der Waals surface area contributed by atoms with Crippen molar-refractivity contribution in [3.63, 3.8) is 0 Å². The van der Waals surface area contributed by atoms with Gasteiger partial charge in [0.2, 0.25) is 0 Å². The molecule has 1 fully saturated rings. The number of hydrogen-bond acceptors (Lipinski definition) is 3. The Morgan fingerprint density at radius 3 is 2.92 bits per heavy atom. The SMILES string of the molecule is C=CC=CC=CC(=O)OCC1CO1. The van der Waals surface area contributed by atoms with Gasteiger partial charge in [-0.15, -0.1) is 0 Å². The Balaban J connectivity index is 2.11. The van der Waals surface area contributed by atoms with Crippen molar-refractivity contribution in [1.29, 1.82) is 0 Å². The topological polar surface area (TPSA) is 38.8 Å². The minimum Gasteiger partial charge on any atom is -0.460 e. The second-order valence-corrected chi connectivity index (χ2v) is 2.57. The van der Waals surface area contributed by atoms with Crippen LogP contribution >= 0.6 is 0 Å². The average Bonchev–Trinajstić information content (AvgIpc) is 2.92. The zero-order valence-corrected chi connectivity index (χ0v) is 7.31. The van der Waals surface area contributed by atoms with E-state index in [2.05, 4.69) is 6.58 Å². The molecule has 1 aliphatic rings. The molecule has 1 unspecified atom stereocenters. The molecule has 0 aromatic heterocycles. The summed E-state index contributed by atoms with van der Waals surface area (Å²) < 4.78 is 9.71. The molecule has 1 saturated heterocycles. The molecule has 0 spiro atoms. The predicted molar refractivity (Wildman–Crippen MR) is 49.2 cm³/mol. The van der Waals surface area contributed by atoms with E-state index in [9.17, 15) is 4.79 Å². The van der Waals surface area contributed by atoms with Gasteiger partial charge in [0.05, 0.1) is 6.61 Å². The molecule has 1 atom stereocenters. The molecule has 0 aromatic carbocycles. The molecule has 70 valence electrons. The van der Waals surface area contributed by atoms with E-state index in [0.29, 0.717) is 13.2 Å². The molecule has 1 rings (SSSR count). The molecule has 13 heavy (non-hydrogen) atoms. The number of epoxide rings is 1. The van der Waals surface area contributed by atoms with Gasteiger partial charge in [0, 0.05) is 6.08 Å². The Labute approximate surface area is 77.3 Å². The molecule has 0 saturated carbocycles. The van der Waals surface area contributed by atoms with Crippen molar-refractivity contribution in [3.8, 4) is 0 Å². The molecule has 0 aliphatic carbocycles. The molecule has 0 radical (unpaired) electrons. The van der Waals surface area contributed by atoms with Crippen molar-refractivity contribution in [2.45, 2.75) is 6.10 Å². The van der Waals surface area contributed by atoms with Gasteiger partial charge in [-0.05, 0) is 0 Å². The normalized spacial score (nSPS) is 20.8. The minimum atomic E-state index is -0.343. The zero-order chi connectivity index (χ0) is 9.52. The Morgan fingerprint density at radius 2 is 2.31 bits per heavy atom. The fraction of sp³-hybridized carbons (Fsp3) is 0.300. The molecule has 0 bridgehead atoms. The third-order valence-corrected chi connectivity index (χ3v) is 1.40. The maximum Gasteiger partial charge on any atom is 0.330 e. The van der Waals surface area contributed by atoms with Crippen molar-refractivity contribution in [1.82, 2.24) is 0 Å². The molecular weight excluding hydrogens is 168 g/mol. The Kier molecular flexibility index (Phi) is 3.99. The van der Waals surface area contributed by atoms with Crippen molar-refractivity contribution in [2.24, 2.45) is 0 Å². The fourth-order valence-corrected chi connectivity index (χ4v) is 0.664. The average molecular weight is 180 g/mol. The van der Waals surface area contributed by atoms with E-state index in [-0.39, 0.29) is 12.1 Å². The second kappa shape index (κ2) is 5.32. The van der Waals surface area contributed by atoms with Crippen LogP contribution in [0.25, 0.3) is 0 Å². The number of carbonyl (C=O) groups is 1. The van der Waals surface area contributed by atoms with E-state index >= 15 is 0 Å². The third kappa shape index (κ3) is 4.98. The van der Waals surface area contributed by atoms with Crippen LogP contribution in [0.1, 0.15) is 0 Å². The van der Waals surface area contributed by atoms with Crippen LogP contribution < -0.4 is 0 Å². The van der Waals surface area contributed by atoms with Gasteiger partial charge in [-0.1, -0.05) is 30.9 Å². The highest BCUT2D eigenvalue weighted by atomic mass is 16.6.